The van der Waals surface area contributed by atoms with E-state index in [1.54, 1.807) is 6.20 Å². The number of ether oxygens (including phenoxy) is 1. The summed E-state index contributed by atoms with van der Waals surface area (Å²) in [5, 5.41) is 1.07. The summed E-state index contributed by atoms with van der Waals surface area (Å²) < 4.78 is 5.85. The minimum absolute atomic E-state index is 0.0846. The molecule has 0 aliphatic carbocycles. The summed E-state index contributed by atoms with van der Waals surface area (Å²) in [6.45, 7) is 2.08. The normalized spacial score (nSPS) is 12.3. The third-order valence-electron chi connectivity index (χ3n) is 3.55. The van der Waals surface area contributed by atoms with Crippen LogP contribution in [0.4, 0.5) is 0 Å². The number of hydrogen-bond donors (Lipinski definition) is 1. The summed E-state index contributed by atoms with van der Waals surface area (Å²) in [6, 6.07) is 18.0. The molecule has 0 fully saturated rings. The molecule has 3 heteroatoms. The van der Waals surface area contributed by atoms with Crippen LogP contribution in [0, 0.1) is 0 Å². The Labute approximate surface area is 124 Å². The molecule has 1 atom stereocenters. The lowest BCUT2D eigenvalue weighted by Crippen LogP contribution is -2.07. The highest BCUT2D eigenvalue weighted by Crippen LogP contribution is 2.25. The molecule has 0 aliphatic rings. The molecule has 0 saturated heterocycles. The molecule has 3 nitrogen and oxygen atoms in total. The number of fused-ring (bicyclic) bond motifs is 1. The van der Waals surface area contributed by atoms with Gasteiger partial charge >= 0.3 is 0 Å². The Balaban J connectivity index is 1.81. The van der Waals surface area contributed by atoms with Crippen LogP contribution in [0.25, 0.3) is 10.9 Å². The van der Waals surface area contributed by atoms with Gasteiger partial charge in [0, 0.05) is 11.4 Å². The fourth-order valence-electron chi connectivity index (χ4n) is 2.26. The maximum absolute atomic E-state index is 6.01. The van der Waals surface area contributed by atoms with Crippen LogP contribution in [0.3, 0.4) is 0 Å². The van der Waals surface area contributed by atoms with E-state index in [4.69, 9.17) is 10.5 Å². The summed E-state index contributed by atoms with van der Waals surface area (Å²) in [6.07, 6.45) is 2.67. The van der Waals surface area contributed by atoms with E-state index in [-0.39, 0.29) is 6.04 Å². The molecular formula is C18H18N2O. The first kappa shape index (κ1) is 13.6. The maximum atomic E-state index is 6.01. The van der Waals surface area contributed by atoms with Gasteiger partial charge in [-0.05, 0) is 36.2 Å². The average molecular weight is 278 g/mol. The van der Waals surface area contributed by atoms with Gasteiger partial charge in [-0.1, -0.05) is 37.3 Å². The van der Waals surface area contributed by atoms with Gasteiger partial charge in [0.05, 0.1) is 11.7 Å². The van der Waals surface area contributed by atoms with E-state index in [9.17, 15) is 0 Å². The monoisotopic (exact) mass is 278 g/mol. The molecule has 106 valence electrons. The van der Waals surface area contributed by atoms with E-state index in [0.29, 0.717) is 0 Å². The first-order valence-electron chi connectivity index (χ1n) is 7.14. The SMILES string of the molecule is CCC(N)c1ccc(Oc2cnc3ccccc3c2)cc1. The maximum Gasteiger partial charge on any atom is 0.146 e. The van der Waals surface area contributed by atoms with Gasteiger partial charge in [-0.3, -0.25) is 4.98 Å². The van der Waals surface area contributed by atoms with Gasteiger partial charge in [0.2, 0.25) is 0 Å². The Morgan fingerprint density at radius 1 is 1.05 bits per heavy atom. The number of pyridine rings is 1. The van der Waals surface area contributed by atoms with Gasteiger partial charge in [0.15, 0.2) is 0 Å². The summed E-state index contributed by atoms with van der Waals surface area (Å²) in [7, 11) is 0. The van der Waals surface area contributed by atoms with Gasteiger partial charge in [-0.15, -0.1) is 0 Å². The number of hydrogen-bond acceptors (Lipinski definition) is 3. The molecule has 3 aromatic rings. The van der Waals surface area contributed by atoms with Crippen LogP contribution in [0.15, 0.2) is 60.8 Å². The van der Waals surface area contributed by atoms with Crippen LogP contribution >= 0.6 is 0 Å². The first-order valence-corrected chi connectivity index (χ1v) is 7.14. The number of rotatable bonds is 4. The molecule has 2 aromatic carbocycles. The Bertz CT molecular complexity index is 738. The number of nitrogens with two attached hydrogens (primary N) is 1. The van der Waals surface area contributed by atoms with Crippen LogP contribution in [0.2, 0.25) is 0 Å². The zero-order valence-electron chi connectivity index (χ0n) is 12.0. The highest BCUT2D eigenvalue weighted by molar-refractivity contribution is 5.79. The van der Waals surface area contributed by atoms with Crippen molar-refractivity contribution in [1.29, 1.82) is 0 Å². The topological polar surface area (TPSA) is 48.1 Å². The molecule has 1 aromatic heterocycles. The van der Waals surface area contributed by atoms with E-state index in [1.807, 2.05) is 54.6 Å². The van der Waals surface area contributed by atoms with Crippen LogP contribution in [0.1, 0.15) is 24.9 Å². The van der Waals surface area contributed by atoms with Crippen molar-refractivity contribution in [2.45, 2.75) is 19.4 Å². The third kappa shape index (κ3) is 3.03. The lowest BCUT2D eigenvalue weighted by Gasteiger charge is -2.11. The highest BCUT2D eigenvalue weighted by atomic mass is 16.5. The largest absolute Gasteiger partial charge is 0.456 e. The van der Waals surface area contributed by atoms with Crippen molar-refractivity contribution in [2.75, 3.05) is 0 Å². The number of para-hydroxylation sites is 1. The van der Waals surface area contributed by atoms with Crippen molar-refractivity contribution >= 4 is 10.9 Å². The van der Waals surface area contributed by atoms with Crippen molar-refractivity contribution in [3.63, 3.8) is 0 Å². The van der Waals surface area contributed by atoms with E-state index in [2.05, 4.69) is 11.9 Å². The number of aromatic nitrogens is 1. The average Bonchev–Trinajstić information content (AvgIpc) is 2.55. The molecule has 0 radical (unpaired) electrons. The molecule has 2 N–H and O–H groups in total. The second-order valence-electron chi connectivity index (χ2n) is 5.05. The predicted molar refractivity (Wildman–Crippen MR) is 85.5 cm³/mol. The second kappa shape index (κ2) is 5.94. The van der Waals surface area contributed by atoms with Gasteiger partial charge in [-0.2, -0.15) is 0 Å². The Morgan fingerprint density at radius 3 is 2.57 bits per heavy atom. The van der Waals surface area contributed by atoms with Crippen molar-refractivity contribution < 1.29 is 4.74 Å². The minimum atomic E-state index is 0.0846. The standard InChI is InChI=1S/C18H18N2O/c1-2-17(19)13-7-9-15(10-8-13)21-16-11-14-5-3-4-6-18(14)20-12-16/h3-12,17H,2,19H2,1H3. The third-order valence-corrected chi connectivity index (χ3v) is 3.55. The summed E-state index contributed by atoms with van der Waals surface area (Å²) in [4.78, 5) is 4.39. The van der Waals surface area contributed by atoms with Crippen molar-refractivity contribution in [3.05, 3.63) is 66.4 Å². The van der Waals surface area contributed by atoms with E-state index in [0.717, 1.165) is 34.4 Å². The molecule has 0 amide bonds. The fraction of sp³-hybridized carbons (Fsp3) is 0.167. The summed E-state index contributed by atoms with van der Waals surface area (Å²) in [5.41, 5.74) is 8.10. The van der Waals surface area contributed by atoms with Crippen molar-refractivity contribution in [2.24, 2.45) is 5.73 Å². The Kier molecular flexibility index (Phi) is 3.84. The molecule has 0 aliphatic heterocycles. The molecule has 3 rings (SSSR count). The van der Waals surface area contributed by atoms with Crippen LogP contribution in [-0.4, -0.2) is 4.98 Å². The molecule has 0 saturated carbocycles. The van der Waals surface area contributed by atoms with E-state index in [1.165, 1.54) is 0 Å². The summed E-state index contributed by atoms with van der Waals surface area (Å²) in [5.74, 6) is 1.53. The lowest BCUT2D eigenvalue weighted by atomic mass is 10.1. The molecule has 1 unspecified atom stereocenters. The number of nitrogens with zero attached hydrogens (tertiary/aromatic N) is 1. The predicted octanol–water partition coefficient (Wildman–Crippen LogP) is 4.44. The smallest absolute Gasteiger partial charge is 0.146 e. The zero-order valence-corrected chi connectivity index (χ0v) is 12.0. The molecule has 0 bridgehead atoms. The first-order chi connectivity index (χ1) is 10.3. The highest BCUT2D eigenvalue weighted by Gasteiger charge is 2.04. The van der Waals surface area contributed by atoms with Crippen LogP contribution in [0.5, 0.6) is 11.5 Å². The quantitative estimate of drug-likeness (QED) is 0.767. The molecule has 21 heavy (non-hydrogen) atoms. The summed E-state index contributed by atoms with van der Waals surface area (Å²) >= 11 is 0. The Morgan fingerprint density at radius 2 is 1.81 bits per heavy atom. The van der Waals surface area contributed by atoms with E-state index >= 15 is 0 Å². The number of benzene rings is 2. The van der Waals surface area contributed by atoms with Crippen molar-refractivity contribution in [3.8, 4) is 11.5 Å². The van der Waals surface area contributed by atoms with Gasteiger partial charge in [-0.25, -0.2) is 0 Å². The Hall–Kier alpha value is -2.39. The van der Waals surface area contributed by atoms with Crippen molar-refractivity contribution in [1.82, 2.24) is 4.98 Å². The van der Waals surface area contributed by atoms with Crippen LogP contribution < -0.4 is 10.5 Å². The van der Waals surface area contributed by atoms with Gasteiger partial charge in [0.25, 0.3) is 0 Å². The minimum Gasteiger partial charge on any atom is -0.456 e. The van der Waals surface area contributed by atoms with Gasteiger partial charge < -0.3 is 10.5 Å². The zero-order chi connectivity index (χ0) is 14.7. The molecule has 0 spiro atoms. The fourth-order valence-corrected chi connectivity index (χ4v) is 2.26. The molecule has 1 heterocycles. The van der Waals surface area contributed by atoms with Gasteiger partial charge in [0.1, 0.15) is 11.5 Å². The second-order valence-corrected chi connectivity index (χ2v) is 5.05. The molecular weight excluding hydrogens is 260 g/mol. The van der Waals surface area contributed by atoms with Crippen LogP contribution in [-0.2, 0) is 0 Å². The van der Waals surface area contributed by atoms with E-state index < -0.39 is 0 Å². The lowest BCUT2D eigenvalue weighted by molar-refractivity contribution is 0.481.